The molecule has 6 nitrogen and oxygen atoms in total. The number of alkyl halides is 3. The smallest absolute Gasteiger partial charge is 0.349 e. The van der Waals surface area contributed by atoms with Crippen molar-refractivity contribution in [3.8, 4) is 0 Å². The van der Waals surface area contributed by atoms with E-state index in [2.05, 4.69) is 37.8 Å². The van der Waals surface area contributed by atoms with E-state index in [1.165, 1.54) is 16.8 Å². The Morgan fingerprint density at radius 2 is 1.73 bits per heavy atom. The average Bonchev–Trinajstić information content (AvgIpc) is 3.25. The average molecular weight is 562 g/mol. The standard InChI is InChI=1S/C32H34F3N5O/c1-38-29-9-6-24(31(41)37-26-10-14-39(15-11-26)20-23-3-2-13-36-18-23)17-27(29)28-21-40(16-12-30(28)38)19-22-4-7-25(8-5-22)32(33,34)35/h2-9,13,17-18,26H,10-12,14-16,19-21H2,1H3,(H,37,41). The highest BCUT2D eigenvalue weighted by Crippen LogP contribution is 2.33. The molecule has 0 unspecified atom stereocenters. The van der Waals surface area contributed by atoms with Crippen LogP contribution >= 0.6 is 0 Å². The molecule has 1 saturated heterocycles. The molecular formula is C32H34F3N5O. The van der Waals surface area contributed by atoms with Gasteiger partial charge < -0.3 is 9.88 Å². The highest BCUT2D eigenvalue weighted by atomic mass is 19.4. The number of nitrogens with one attached hydrogen (secondary N) is 1. The molecule has 1 fully saturated rings. The Morgan fingerprint density at radius 1 is 0.976 bits per heavy atom. The molecule has 2 aromatic heterocycles. The maximum atomic E-state index is 13.3. The quantitative estimate of drug-likeness (QED) is 0.336. The fourth-order valence-electron chi connectivity index (χ4n) is 6.22. The zero-order valence-corrected chi connectivity index (χ0v) is 23.1. The van der Waals surface area contributed by atoms with Crippen molar-refractivity contribution in [1.82, 2.24) is 24.7 Å². The monoisotopic (exact) mass is 561 g/mol. The van der Waals surface area contributed by atoms with Gasteiger partial charge in [-0.1, -0.05) is 18.2 Å². The maximum Gasteiger partial charge on any atom is 0.416 e. The Kier molecular flexibility index (Phi) is 7.57. The Bertz CT molecular complexity index is 1520. The molecule has 6 rings (SSSR count). The van der Waals surface area contributed by atoms with Crippen molar-refractivity contribution in [3.63, 3.8) is 0 Å². The summed E-state index contributed by atoms with van der Waals surface area (Å²) in [5.74, 6) is -0.0485. The van der Waals surface area contributed by atoms with E-state index in [1.54, 1.807) is 18.3 Å². The largest absolute Gasteiger partial charge is 0.416 e. The van der Waals surface area contributed by atoms with Gasteiger partial charge in [0.05, 0.1) is 5.56 Å². The van der Waals surface area contributed by atoms with Crippen LogP contribution in [0.5, 0.6) is 0 Å². The van der Waals surface area contributed by atoms with E-state index in [0.717, 1.165) is 74.0 Å². The van der Waals surface area contributed by atoms with Gasteiger partial charge in [-0.2, -0.15) is 13.2 Å². The summed E-state index contributed by atoms with van der Waals surface area (Å²) >= 11 is 0. The Morgan fingerprint density at radius 3 is 2.44 bits per heavy atom. The molecule has 0 atom stereocenters. The van der Waals surface area contributed by atoms with Crippen LogP contribution in [0.3, 0.4) is 0 Å². The summed E-state index contributed by atoms with van der Waals surface area (Å²) in [4.78, 5) is 22.1. The van der Waals surface area contributed by atoms with Gasteiger partial charge in [-0.3, -0.25) is 19.6 Å². The number of rotatable bonds is 6. The third kappa shape index (κ3) is 6.01. The van der Waals surface area contributed by atoms with E-state index in [-0.39, 0.29) is 11.9 Å². The number of benzene rings is 2. The molecule has 0 aliphatic carbocycles. The highest BCUT2D eigenvalue weighted by Gasteiger charge is 2.30. The second-order valence-electron chi connectivity index (χ2n) is 11.3. The molecule has 0 saturated carbocycles. The lowest BCUT2D eigenvalue weighted by Crippen LogP contribution is -2.44. The molecule has 4 heterocycles. The van der Waals surface area contributed by atoms with Crippen molar-refractivity contribution in [3.05, 3.63) is 101 Å². The van der Waals surface area contributed by atoms with Crippen LogP contribution in [0.25, 0.3) is 10.9 Å². The molecule has 2 aliphatic heterocycles. The molecule has 1 amide bonds. The van der Waals surface area contributed by atoms with Gasteiger partial charge in [0.25, 0.3) is 5.91 Å². The Hall–Kier alpha value is -3.69. The first kappa shape index (κ1) is 27.5. The fourth-order valence-corrected chi connectivity index (χ4v) is 6.22. The number of fused-ring (bicyclic) bond motifs is 3. The van der Waals surface area contributed by atoms with Crippen LogP contribution in [-0.4, -0.2) is 50.9 Å². The minimum Gasteiger partial charge on any atom is -0.349 e. The molecule has 2 aromatic carbocycles. The lowest BCUT2D eigenvalue weighted by Gasteiger charge is -2.32. The van der Waals surface area contributed by atoms with Gasteiger partial charge in [-0.05, 0) is 65.9 Å². The van der Waals surface area contributed by atoms with E-state index in [4.69, 9.17) is 0 Å². The minimum atomic E-state index is -4.33. The molecule has 9 heteroatoms. The zero-order chi connectivity index (χ0) is 28.6. The molecular weight excluding hydrogens is 527 g/mol. The number of pyridine rings is 1. The highest BCUT2D eigenvalue weighted by molar-refractivity contribution is 5.99. The predicted molar refractivity (Wildman–Crippen MR) is 152 cm³/mol. The van der Waals surface area contributed by atoms with Crippen LogP contribution in [0.1, 0.15) is 51.1 Å². The summed E-state index contributed by atoms with van der Waals surface area (Å²) in [5, 5.41) is 4.32. The summed E-state index contributed by atoms with van der Waals surface area (Å²) in [6, 6.07) is 15.6. The molecule has 4 aromatic rings. The summed E-state index contributed by atoms with van der Waals surface area (Å²) in [6.45, 7) is 4.83. The second kappa shape index (κ2) is 11.3. The number of carbonyl (C=O) groups excluding carboxylic acids is 1. The van der Waals surface area contributed by atoms with Crippen LogP contribution in [-0.2, 0) is 39.3 Å². The van der Waals surface area contributed by atoms with Crippen molar-refractivity contribution < 1.29 is 18.0 Å². The van der Waals surface area contributed by atoms with E-state index in [9.17, 15) is 18.0 Å². The number of aryl methyl sites for hydroxylation is 1. The van der Waals surface area contributed by atoms with E-state index >= 15 is 0 Å². The molecule has 0 bridgehead atoms. The maximum absolute atomic E-state index is 13.3. The van der Waals surface area contributed by atoms with Crippen molar-refractivity contribution in [2.45, 2.75) is 51.1 Å². The zero-order valence-electron chi connectivity index (χ0n) is 23.1. The van der Waals surface area contributed by atoms with Crippen molar-refractivity contribution in [1.29, 1.82) is 0 Å². The van der Waals surface area contributed by atoms with Crippen LogP contribution in [0.15, 0.2) is 67.0 Å². The van der Waals surface area contributed by atoms with Gasteiger partial charge in [0.15, 0.2) is 0 Å². The molecule has 214 valence electrons. The van der Waals surface area contributed by atoms with Crippen LogP contribution in [0, 0.1) is 0 Å². The van der Waals surface area contributed by atoms with Gasteiger partial charge in [-0.25, -0.2) is 0 Å². The van der Waals surface area contributed by atoms with Gasteiger partial charge in [-0.15, -0.1) is 0 Å². The number of halogens is 3. The third-order valence-electron chi connectivity index (χ3n) is 8.48. The molecule has 41 heavy (non-hydrogen) atoms. The lowest BCUT2D eigenvalue weighted by atomic mass is 10.0. The van der Waals surface area contributed by atoms with Gasteiger partial charge in [0.2, 0.25) is 0 Å². The number of carbonyl (C=O) groups is 1. The number of hydrogen-bond donors (Lipinski definition) is 1. The van der Waals surface area contributed by atoms with Crippen LogP contribution < -0.4 is 5.32 Å². The van der Waals surface area contributed by atoms with E-state index in [1.807, 2.05) is 30.5 Å². The summed E-state index contributed by atoms with van der Waals surface area (Å²) in [5.41, 5.74) is 5.62. The molecule has 1 N–H and O–H groups in total. The number of nitrogens with zero attached hydrogens (tertiary/aromatic N) is 4. The van der Waals surface area contributed by atoms with Crippen molar-refractivity contribution in [2.24, 2.45) is 7.05 Å². The lowest BCUT2D eigenvalue weighted by molar-refractivity contribution is -0.137. The summed E-state index contributed by atoms with van der Waals surface area (Å²) in [6.07, 6.45) is 2.03. The minimum absolute atomic E-state index is 0.0485. The van der Waals surface area contributed by atoms with Gasteiger partial charge in [0, 0.05) is 93.3 Å². The molecule has 0 radical (unpaired) electrons. The topological polar surface area (TPSA) is 53.4 Å². The van der Waals surface area contributed by atoms with E-state index in [0.29, 0.717) is 18.7 Å². The third-order valence-corrected chi connectivity index (χ3v) is 8.48. The molecule has 2 aliphatic rings. The number of amides is 1. The second-order valence-corrected chi connectivity index (χ2v) is 11.3. The summed E-state index contributed by atoms with van der Waals surface area (Å²) in [7, 11) is 2.06. The Labute approximate surface area is 237 Å². The number of hydrogen-bond acceptors (Lipinski definition) is 4. The number of piperidine rings is 1. The van der Waals surface area contributed by atoms with Crippen LogP contribution in [0.4, 0.5) is 13.2 Å². The summed E-state index contributed by atoms with van der Waals surface area (Å²) < 4.78 is 41.1. The number of likely N-dealkylation sites (tertiary alicyclic amines) is 1. The SMILES string of the molecule is Cn1c2c(c3cc(C(=O)NC4CCN(Cc5cccnc5)CC4)ccc31)CN(Cc1ccc(C(F)(F)F)cc1)CC2. The van der Waals surface area contributed by atoms with Gasteiger partial charge >= 0.3 is 6.18 Å². The fraction of sp³-hybridized carbons (Fsp3) is 0.375. The first-order valence-electron chi connectivity index (χ1n) is 14.2. The predicted octanol–water partition coefficient (Wildman–Crippen LogP) is 5.54. The first-order chi connectivity index (χ1) is 19.7. The normalized spacial score (nSPS) is 17.1. The Balaban J connectivity index is 1.11. The molecule has 0 spiro atoms. The first-order valence-corrected chi connectivity index (χ1v) is 14.2. The van der Waals surface area contributed by atoms with E-state index < -0.39 is 11.7 Å². The number of aromatic nitrogens is 2. The van der Waals surface area contributed by atoms with Gasteiger partial charge in [0.1, 0.15) is 0 Å². The van der Waals surface area contributed by atoms with Crippen molar-refractivity contribution >= 4 is 16.8 Å². The van der Waals surface area contributed by atoms with Crippen LogP contribution in [0.2, 0.25) is 0 Å². The van der Waals surface area contributed by atoms with Crippen molar-refractivity contribution in [2.75, 3.05) is 19.6 Å².